The molecule has 4 heteroatoms. The quantitative estimate of drug-likeness (QED) is 0.763. The summed E-state index contributed by atoms with van der Waals surface area (Å²) in [5.41, 5.74) is 2.44. The Morgan fingerprint density at radius 3 is 2.52 bits per heavy atom. The summed E-state index contributed by atoms with van der Waals surface area (Å²) in [4.78, 5) is 1.16. The fraction of sp³-hybridized carbons (Fsp3) is 0.294. The Kier molecular flexibility index (Phi) is 5.97. The van der Waals surface area contributed by atoms with Crippen molar-refractivity contribution in [2.75, 3.05) is 13.4 Å². The van der Waals surface area contributed by atoms with Crippen LogP contribution in [0.3, 0.4) is 0 Å². The lowest BCUT2D eigenvalue weighted by Gasteiger charge is -2.15. The Bertz CT molecular complexity index is 586. The monoisotopic (exact) mass is 321 g/mol. The van der Waals surface area contributed by atoms with Crippen LogP contribution in [-0.4, -0.2) is 13.4 Å². The van der Waals surface area contributed by atoms with Crippen LogP contribution in [0.5, 0.6) is 5.75 Å². The van der Waals surface area contributed by atoms with E-state index >= 15 is 0 Å². The van der Waals surface area contributed by atoms with Crippen molar-refractivity contribution in [1.29, 1.82) is 0 Å². The highest BCUT2D eigenvalue weighted by molar-refractivity contribution is 7.98. The van der Waals surface area contributed by atoms with E-state index in [-0.39, 0.29) is 6.04 Å². The molecule has 0 saturated heterocycles. The second kappa shape index (κ2) is 7.74. The minimum Gasteiger partial charge on any atom is -0.496 e. The van der Waals surface area contributed by atoms with Gasteiger partial charge in [0.2, 0.25) is 0 Å². The maximum Gasteiger partial charge on any atom is 0.132 e. The third-order valence-electron chi connectivity index (χ3n) is 3.43. The zero-order valence-electron chi connectivity index (χ0n) is 12.5. The molecule has 0 spiro atoms. The molecular weight excluding hydrogens is 302 g/mol. The van der Waals surface area contributed by atoms with E-state index in [0.29, 0.717) is 0 Å². The molecule has 0 aliphatic rings. The maximum atomic E-state index is 5.91. The smallest absolute Gasteiger partial charge is 0.132 e. The molecule has 0 saturated carbocycles. The van der Waals surface area contributed by atoms with Crippen molar-refractivity contribution in [3.8, 4) is 5.75 Å². The summed E-state index contributed by atoms with van der Waals surface area (Å²) >= 11 is 7.61. The van der Waals surface area contributed by atoms with Crippen LogP contribution in [0.1, 0.15) is 24.1 Å². The summed E-state index contributed by atoms with van der Waals surface area (Å²) in [5.74, 6) is 0.931. The van der Waals surface area contributed by atoms with Gasteiger partial charge in [0.25, 0.3) is 0 Å². The molecular formula is C17H20ClNOS. The van der Waals surface area contributed by atoms with E-state index in [9.17, 15) is 0 Å². The topological polar surface area (TPSA) is 21.3 Å². The fourth-order valence-corrected chi connectivity index (χ4v) is 2.80. The molecule has 0 heterocycles. The third kappa shape index (κ3) is 4.40. The van der Waals surface area contributed by atoms with Crippen molar-refractivity contribution in [2.45, 2.75) is 24.4 Å². The number of halogens is 1. The Morgan fingerprint density at radius 1 is 1.19 bits per heavy atom. The van der Waals surface area contributed by atoms with Crippen LogP contribution in [0.25, 0.3) is 0 Å². The normalized spacial score (nSPS) is 12.2. The fourth-order valence-electron chi connectivity index (χ4n) is 2.13. The molecule has 0 aliphatic carbocycles. The maximum absolute atomic E-state index is 5.91. The Balaban J connectivity index is 2.00. The molecule has 1 N–H and O–H groups in total. The number of hydrogen-bond donors (Lipinski definition) is 1. The molecule has 2 aromatic rings. The van der Waals surface area contributed by atoms with Crippen molar-refractivity contribution >= 4 is 23.4 Å². The average molecular weight is 322 g/mol. The SMILES string of the molecule is COc1cc(CNC(C)c2ccc(Cl)cc2)ccc1SC. The van der Waals surface area contributed by atoms with E-state index in [0.717, 1.165) is 22.2 Å². The molecule has 0 radical (unpaired) electrons. The lowest BCUT2D eigenvalue weighted by Crippen LogP contribution is -2.18. The lowest BCUT2D eigenvalue weighted by molar-refractivity contribution is 0.404. The number of hydrogen-bond acceptors (Lipinski definition) is 3. The van der Waals surface area contributed by atoms with Crippen LogP contribution < -0.4 is 10.1 Å². The molecule has 0 aliphatic heterocycles. The molecule has 2 nitrogen and oxygen atoms in total. The van der Waals surface area contributed by atoms with E-state index < -0.39 is 0 Å². The van der Waals surface area contributed by atoms with Gasteiger partial charge in [-0.15, -0.1) is 11.8 Å². The predicted octanol–water partition coefficient (Wildman–Crippen LogP) is 4.92. The molecule has 112 valence electrons. The van der Waals surface area contributed by atoms with Gasteiger partial charge in [0, 0.05) is 22.5 Å². The summed E-state index contributed by atoms with van der Waals surface area (Å²) < 4.78 is 5.42. The summed E-state index contributed by atoms with van der Waals surface area (Å²) in [5, 5.41) is 4.28. The van der Waals surface area contributed by atoms with Gasteiger partial charge in [-0.2, -0.15) is 0 Å². The highest BCUT2D eigenvalue weighted by atomic mass is 35.5. The van der Waals surface area contributed by atoms with Gasteiger partial charge in [0.15, 0.2) is 0 Å². The molecule has 1 unspecified atom stereocenters. The zero-order chi connectivity index (χ0) is 15.2. The van der Waals surface area contributed by atoms with Gasteiger partial charge in [-0.3, -0.25) is 0 Å². The van der Waals surface area contributed by atoms with E-state index in [1.807, 2.05) is 12.1 Å². The molecule has 0 bridgehead atoms. The molecule has 21 heavy (non-hydrogen) atoms. The summed E-state index contributed by atoms with van der Waals surface area (Å²) in [6.07, 6.45) is 2.05. The second-order valence-corrected chi connectivity index (χ2v) is 6.13. The highest BCUT2D eigenvalue weighted by Gasteiger charge is 2.07. The third-order valence-corrected chi connectivity index (χ3v) is 4.46. The van der Waals surface area contributed by atoms with Crippen LogP contribution in [0.15, 0.2) is 47.4 Å². The number of rotatable bonds is 6. The van der Waals surface area contributed by atoms with Crippen LogP contribution >= 0.6 is 23.4 Å². The molecule has 0 aromatic heterocycles. The van der Waals surface area contributed by atoms with Crippen molar-refractivity contribution in [3.63, 3.8) is 0 Å². The van der Waals surface area contributed by atoms with Crippen molar-refractivity contribution < 1.29 is 4.74 Å². The second-order valence-electron chi connectivity index (χ2n) is 4.84. The van der Waals surface area contributed by atoms with E-state index in [2.05, 4.69) is 48.8 Å². The van der Waals surface area contributed by atoms with Crippen molar-refractivity contribution in [3.05, 3.63) is 58.6 Å². The van der Waals surface area contributed by atoms with Gasteiger partial charge in [0.1, 0.15) is 5.75 Å². The van der Waals surface area contributed by atoms with Crippen LogP contribution in [-0.2, 0) is 6.54 Å². The number of nitrogens with one attached hydrogen (secondary N) is 1. The van der Waals surface area contributed by atoms with Crippen LogP contribution in [0.2, 0.25) is 5.02 Å². The molecule has 2 aromatic carbocycles. The van der Waals surface area contributed by atoms with E-state index in [4.69, 9.17) is 16.3 Å². The van der Waals surface area contributed by atoms with Crippen LogP contribution in [0.4, 0.5) is 0 Å². The largest absolute Gasteiger partial charge is 0.496 e. The number of ether oxygens (including phenoxy) is 1. The first-order chi connectivity index (χ1) is 10.1. The molecule has 1 atom stereocenters. The van der Waals surface area contributed by atoms with Gasteiger partial charge < -0.3 is 10.1 Å². The molecule has 2 rings (SSSR count). The number of methoxy groups -OCH3 is 1. The first-order valence-electron chi connectivity index (χ1n) is 6.83. The lowest BCUT2D eigenvalue weighted by atomic mass is 10.1. The highest BCUT2D eigenvalue weighted by Crippen LogP contribution is 2.28. The van der Waals surface area contributed by atoms with Gasteiger partial charge in [-0.25, -0.2) is 0 Å². The van der Waals surface area contributed by atoms with Gasteiger partial charge in [-0.05, 0) is 48.6 Å². The Labute approximate surface area is 135 Å². The minimum atomic E-state index is 0.272. The van der Waals surface area contributed by atoms with Gasteiger partial charge in [-0.1, -0.05) is 29.8 Å². The zero-order valence-corrected chi connectivity index (χ0v) is 14.1. The summed E-state index contributed by atoms with van der Waals surface area (Å²) in [7, 11) is 1.71. The summed E-state index contributed by atoms with van der Waals surface area (Å²) in [6, 6.07) is 14.6. The number of benzene rings is 2. The number of thioether (sulfide) groups is 1. The van der Waals surface area contributed by atoms with Crippen molar-refractivity contribution in [2.24, 2.45) is 0 Å². The van der Waals surface area contributed by atoms with Gasteiger partial charge >= 0.3 is 0 Å². The Hall–Kier alpha value is -1.16. The van der Waals surface area contributed by atoms with Crippen LogP contribution in [0, 0.1) is 0 Å². The van der Waals surface area contributed by atoms with E-state index in [1.54, 1.807) is 18.9 Å². The van der Waals surface area contributed by atoms with Crippen molar-refractivity contribution in [1.82, 2.24) is 5.32 Å². The Morgan fingerprint density at radius 2 is 1.90 bits per heavy atom. The first-order valence-corrected chi connectivity index (χ1v) is 8.44. The average Bonchev–Trinajstić information content (AvgIpc) is 2.52. The first kappa shape index (κ1) is 16.2. The summed E-state index contributed by atoms with van der Waals surface area (Å²) in [6.45, 7) is 2.95. The molecule has 0 fully saturated rings. The van der Waals surface area contributed by atoms with Gasteiger partial charge in [0.05, 0.1) is 7.11 Å². The minimum absolute atomic E-state index is 0.272. The van der Waals surface area contributed by atoms with E-state index in [1.165, 1.54) is 11.1 Å². The standard InChI is InChI=1S/C17H20ClNOS/c1-12(14-5-7-15(18)8-6-14)19-11-13-4-9-17(21-3)16(10-13)20-2/h4-10,12,19H,11H2,1-3H3. The molecule has 0 amide bonds. The predicted molar refractivity (Wildman–Crippen MR) is 91.5 cm³/mol.